The summed E-state index contributed by atoms with van der Waals surface area (Å²) in [6, 6.07) is 5.77. The summed E-state index contributed by atoms with van der Waals surface area (Å²) in [5, 5.41) is 0.731. The second-order valence-electron chi connectivity index (χ2n) is 4.44. The van der Waals surface area contributed by atoms with Gasteiger partial charge < -0.3 is 0 Å². The van der Waals surface area contributed by atoms with Gasteiger partial charge in [-0.25, -0.2) is 4.39 Å². The van der Waals surface area contributed by atoms with Gasteiger partial charge in [-0.2, -0.15) is 0 Å². The molecular weight excluding hydrogens is 223 g/mol. The molecule has 0 spiro atoms. The number of hydrogen-bond acceptors (Lipinski definition) is 0. The Morgan fingerprint density at radius 2 is 2.19 bits per heavy atom. The number of benzene rings is 1. The van der Waals surface area contributed by atoms with Gasteiger partial charge >= 0.3 is 0 Å². The summed E-state index contributed by atoms with van der Waals surface area (Å²) in [5.74, 6) is 0. The molecule has 88 valence electrons. The zero-order valence-electron chi connectivity index (χ0n) is 9.89. The molecule has 1 aromatic carbocycles. The van der Waals surface area contributed by atoms with Crippen LogP contribution >= 0.6 is 11.6 Å². The van der Waals surface area contributed by atoms with Crippen molar-refractivity contribution in [3.8, 4) is 0 Å². The van der Waals surface area contributed by atoms with Crippen molar-refractivity contribution < 1.29 is 4.39 Å². The average Bonchev–Trinajstić information content (AvgIpc) is 2.16. The second kappa shape index (κ2) is 5.49. The lowest BCUT2D eigenvalue weighted by Gasteiger charge is -2.19. The molecule has 0 saturated heterocycles. The van der Waals surface area contributed by atoms with Crippen molar-refractivity contribution in [2.75, 3.05) is 0 Å². The van der Waals surface area contributed by atoms with Gasteiger partial charge in [0, 0.05) is 5.02 Å². The molecule has 0 aliphatic heterocycles. The maximum absolute atomic E-state index is 13.9. The predicted molar refractivity (Wildman–Crippen MR) is 68.8 cm³/mol. The minimum absolute atomic E-state index is 0.385. The molecule has 16 heavy (non-hydrogen) atoms. The van der Waals surface area contributed by atoms with E-state index in [9.17, 15) is 4.39 Å². The Hall–Kier alpha value is -0.820. The first kappa shape index (κ1) is 13.2. The van der Waals surface area contributed by atoms with E-state index in [0.29, 0.717) is 19.3 Å². The second-order valence-corrected chi connectivity index (χ2v) is 4.85. The van der Waals surface area contributed by atoms with Crippen LogP contribution in [-0.4, -0.2) is 5.67 Å². The standard InChI is InChI=1S/C14H18ClF/c1-4-9-14(3,16)10-8-12-11(2)6-5-7-13(12)15/h4-7H,1,8-10H2,2-3H3. The van der Waals surface area contributed by atoms with Crippen LogP contribution in [0, 0.1) is 6.92 Å². The van der Waals surface area contributed by atoms with Gasteiger partial charge in [-0.05, 0) is 50.3 Å². The van der Waals surface area contributed by atoms with E-state index >= 15 is 0 Å². The van der Waals surface area contributed by atoms with E-state index < -0.39 is 5.67 Å². The lowest BCUT2D eigenvalue weighted by atomic mass is 9.93. The summed E-state index contributed by atoms with van der Waals surface area (Å²) in [6.07, 6.45) is 3.16. The highest BCUT2D eigenvalue weighted by molar-refractivity contribution is 6.31. The number of allylic oxidation sites excluding steroid dienone is 1. The first-order chi connectivity index (χ1) is 7.46. The molecule has 0 aromatic heterocycles. The third-order valence-corrected chi connectivity index (χ3v) is 3.17. The van der Waals surface area contributed by atoms with Gasteiger partial charge in [0.1, 0.15) is 5.67 Å². The van der Waals surface area contributed by atoms with E-state index in [1.165, 1.54) is 0 Å². The van der Waals surface area contributed by atoms with Gasteiger partial charge in [0.15, 0.2) is 0 Å². The van der Waals surface area contributed by atoms with Gasteiger partial charge in [0.05, 0.1) is 0 Å². The fraction of sp³-hybridized carbons (Fsp3) is 0.429. The lowest BCUT2D eigenvalue weighted by Crippen LogP contribution is -2.17. The van der Waals surface area contributed by atoms with Crippen LogP contribution in [0.5, 0.6) is 0 Å². The monoisotopic (exact) mass is 240 g/mol. The van der Waals surface area contributed by atoms with Crippen molar-refractivity contribution in [1.82, 2.24) is 0 Å². The normalized spacial score (nSPS) is 14.5. The maximum atomic E-state index is 13.9. The Labute approximate surface area is 102 Å². The molecule has 0 nitrogen and oxygen atoms in total. The molecular formula is C14H18ClF. The zero-order chi connectivity index (χ0) is 12.2. The molecule has 0 amide bonds. The molecule has 1 aromatic rings. The van der Waals surface area contributed by atoms with Crippen molar-refractivity contribution in [1.29, 1.82) is 0 Å². The predicted octanol–water partition coefficient (Wildman–Crippen LogP) is 4.89. The van der Waals surface area contributed by atoms with E-state index in [1.54, 1.807) is 13.0 Å². The van der Waals surface area contributed by atoms with Crippen LogP contribution in [0.2, 0.25) is 5.02 Å². The molecule has 2 heteroatoms. The Bertz CT molecular complexity index is 349. The molecule has 0 saturated carbocycles. The first-order valence-electron chi connectivity index (χ1n) is 5.50. The molecule has 1 unspecified atom stereocenters. The van der Waals surface area contributed by atoms with Crippen molar-refractivity contribution in [2.24, 2.45) is 0 Å². The van der Waals surface area contributed by atoms with E-state index in [0.717, 1.165) is 16.1 Å². The minimum Gasteiger partial charge on any atom is -0.244 e. The quantitative estimate of drug-likeness (QED) is 0.643. The third-order valence-electron chi connectivity index (χ3n) is 2.82. The SMILES string of the molecule is C=CCC(C)(F)CCc1c(C)cccc1Cl. The molecule has 0 N–H and O–H groups in total. The number of hydrogen-bond donors (Lipinski definition) is 0. The fourth-order valence-electron chi connectivity index (χ4n) is 1.77. The van der Waals surface area contributed by atoms with Crippen molar-refractivity contribution >= 4 is 11.6 Å². The van der Waals surface area contributed by atoms with Gasteiger partial charge in [0.25, 0.3) is 0 Å². The molecule has 1 atom stereocenters. The van der Waals surface area contributed by atoms with Crippen LogP contribution in [-0.2, 0) is 6.42 Å². The van der Waals surface area contributed by atoms with E-state index in [4.69, 9.17) is 11.6 Å². The summed E-state index contributed by atoms with van der Waals surface area (Å²) >= 11 is 6.09. The fourth-order valence-corrected chi connectivity index (χ4v) is 2.09. The summed E-state index contributed by atoms with van der Waals surface area (Å²) in [5.41, 5.74) is 0.992. The van der Waals surface area contributed by atoms with Crippen molar-refractivity contribution in [3.63, 3.8) is 0 Å². The highest BCUT2D eigenvalue weighted by Gasteiger charge is 2.21. The van der Waals surface area contributed by atoms with Crippen LogP contribution in [0.3, 0.4) is 0 Å². The van der Waals surface area contributed by atoms with Gasteiger partial charge in [-0.3, -0.25) is 0 Å². The van der Waals surface area contributed by atoms with E-state index in [-0.39, 0.29) is 0 Å². The van der Waals surface area contributed by atoms with E-state index in [2.05, 4.69) is 6.58 Å². The average molecular weight is 241 g/mol. The van der Waals surface area contributed by atoms with Crippen LogP contribution in [0.25, 0.3) is 0 Å². The smallest absolute Gasteiger partial charge is 0.112 e. The molecule has 0 heterocycles. The Balaban J connectivity index is 2.71. The largest absolute Gasteiger partial charge is 0.244 e. The van der Waals surface area contributed by atoms with Crippen LogP contribution in [0.15, 0.2) is 30.9 Å². The zero-order valence-corrected chi connectivity index (χ0v) is 10.6. The number of rotatable bonds is 5. The number of halogens is 2. The van der Waals surface area contributed by atoms with Crippen molar-refractivity contribution in [3.05, 3.63) is 47.0 Å². The Morgan fingerprint density at radius 1 is 1.50 bits per heavy atom. The summed E-state index contributed by atoms with van der Waals surface area (Å²) < 4.78 is 13.9. The topological polar surface area (TPSA) is 0 Å². The third kappa shape index (κ3) is 3.64. The minimum atomic E-state index is -1.19. The first-order valence-corrected chi connectivity index (χ1v) is 5.88. The summed E-state index contributed by atoms with van der Waals surface area (Å²) in [6.45, 7) is 7.19. The summed E-state index contributed by atoms with van der Waals surface area (Å²) in [7, 11) is 0. The maximum Gasteiger partial charge on any atom is 0.112 e. The lowest BCUT2D eigenvalue weighted by molar-refractivity contribution is 0.179. The number of aryl methyl sites for hydroxylation is 1. The Kier molecular flexibility index (Phi) is 4.55. The van der Waals surface area contributed by atoms with E-state index in [1.807, 2.05) is 25.1 Å². The Morgan fingerprint density at radius 3 is 2.75 bits per heavy atom. The molecule has 0 radical (unpaired) electrons. The van der Waals surface area contributed by atoms with Crippen LogP contribution in [0.1, 0.15) is 30.9 Å². The van der Waals surface area contributed by atoms with Gasteiger partial charge in [-0.1, -0.05) is 29.8 Å². The highest BCUT2D eigenvalue weighted by atomic mass is 35.5. The van der Waals surface area contributed by atoms with Gasteiger partial charge in [-0.15, -0.1) is 6.58 Å². The molecule has 0 aliphatic rings. The van der Waals surface area contributed by atoms with Crippen molar-refractivity contribution in [2.45, 2.75) is 38.8 Å². The highest BCUT2D eigenvalue weighted by Crippen LogP contribution is 2.27. The summed E-state index contributed by atoms with van der Waals surface area (Å²) in [4.78, 5) is 0. The molecule has 0 fully saturated rings. The number of alkyl halides is 1. The molecule has 0 aliphatic carbocycles. The van der Waals surface area contributed by atoms with Gasteiger partial charge in [0.2, 0.25) is 0 Å². The molecule has 0 bridgehead atoms. The van der Waals surface area contributed by atoms with Crippen LogP contribution in [0.4, 0.5) is 4.39 Å². The van der Waals surface area contributed by atoms with Crippen LogP contribution < -0.4 is 0 Å². The molecule has 1 rings (SSSR count).